The molecule has 0 aliphatic rings. The van der Waals surface area contributed by atoms with Crippen molar-refractivity contribution in [3.8, 4) is 0 Å². The van der Waals surface area contributed by atoms with Gasteiger partial charge in [-0.2, -0.15) is 0 Å². The summed E-state index contributed by atoms with van der Waals surface area (Å²) in [5.41, 5.74) is 1.37. The summed E-state index contributed by atoms with van der Waals surface area (Å²) in [4.78, 5) is 19.0. The number of nitrogens with zero attached hydrogens (tertiary/aromatic N) is 3. The lowest BCUT2D eigenvalue weighted by atomic mass is 10.1. The first-order valence-corrected chi connectivity index (χ1v) is 8.02. The van der Waals surface area contributed by atoms with Crippen molar-refractivity contribution in [3.63, 3.8) is 0 Å². The molecule has 0 aliphatic carbocycles. The number of nitrogens with one attached hydrogen (secondary N) is 2. The van der Waals surface area contributed by atoms with E-state index in [2.05, 4.69) is 34.4 Å². The van der Waals surface area contributed by atoms with E-state index >= 15 is 0 Å². The Labute approximate surface area is 145 Å². The summed E-state index contributed by atoms with van der Waals surface area (Å²) >= 11 is 6.09. The summed E-state index contributed by atoms with van der Waals surface area (Å²) in [6.45, 7) is 6.66. The van der Waals surface area contributed by atoms with Gasteiger partial charge < -0.3 is 10.6 Å². The molecule has 0 aliphatic heterocycles. The van der Waals surface area contributed by atoms with Crippen LogP contribution in [-0.2, 0) is 0 Å². The number of aromatic nitrogens is 2. The molecule has 0 amide bonds. The van der Waals surface area contributed by atoms with E-state index < -0.39 is 4.92 Å². The molecule has 0 spiro atoms. The molecule has 0 radical (unpaired) electrons. The fourth-order valence-corrected chi connectivity index (χ4v) is 2.24. The topological polar surface area (TPSA) is 93.0 Å². The highest BCUT2D eigenvalue weighted by atomic mass is 35.5. The Morgan fingerprint density at radius 1 is 1.29 bits per heavy atom. The quantitative estimate of drug-likeness (QED) is 0.562. The predicted molar refractivity (Wildman–Crippen MR) is 96.1 cm³/mol. The normalized spacial score (nSPS) is 10.7. The van der Waals surface area contributed by atoms with E-state index in [0.717, 1.165) is 12.0 Å². The molecule has 0 bridgehead atoms. The lowest BCUT2D eigenvalue weighted by Gasteiger charge is -2.11. The van der Waals surface area contributed by atoms with Crippen LogP contribution in [0.5, 0.6) is 0 Å². The van der Waals surface area contributed by atoms with Crippen LogP contribution in [0.25, 0.3) is 0 Å². The zero-order chi connectivity index (χ0) is 17.7. The number of anilines is 3. The summed E-state index contributed by atoms with van der Waals surface area (Å²) in [6, 6.07) is 5.33. The van der Waals surface area contributed by atoms with E-state index in [1.54, 1.807) is 12.1 Å². The minimum Gasteiger partial charge on any atom is -0.364 e. The van der Waals surface area contributed by atoms with Gasteiger partial charge in [0.1, 0.15) is 6.33 Å². The molecular formula is C16H20ClN5O2. The van der Waals surface area contributed by atoms with Gasteiger partial charge in [0.2, 0.25) is 11.6 Å². The molecule has 2 aromatic rings. The Balaban J connectivity index is 2.28. The van der Waals surface area contributed by atoms with Crippen LogP contribution in [-0.4, -0.2) is 21.4 Å². The summed E-state index contributed by atoms with van der Waals surface area (Å²) < 4.78 is 0. The molecule has 8 heteroatoms. The Morgan fingerprint density at radius 2 is 2.00 bits per heavy atom. The zero-order valence-corrected chi connectivity index (χ0v) is 14.6. The molecule has 1 heterocycles. The molecule has 0 unspecified atom stereocenters. The van der Waals surface area contributed by atoms with Crippen molar-refractivity contribution < 1.29 is 4.92 Å². The average Bonchev–Trinajstić information content (AvgIpc) is 2.50. The first-order chi connectivity index (χ1) is 11.4. The maximum absolute atomic E-state index is 11.5. The van der Waals surface area contributed by atoms with Crippen molar-refractivity contribution >= 4 is 34.6 Å². The Bertz CT molecular complexity index is 736. The first kappa shape index (κ1) is 17.9. The predicted octanol–water partition coefficient (Wildman–Crippen LogP) is 4.55. The van der Waals surface area contributed by atoms with Gasteiger partial charge >= 0.3 is 5.69 Å². The van der Waals surface area contributed by atoms with Gasteiger partial charge in [0.05, 0.1) is 4.92 Å². The average molecular weight is 350 g/mol. The van der Waals surface area contributed by atoms with Gasteiger partial charge in [0, 0.05) is 17.3 Å². The molecule has 7 nitrogen and oxygen atoms in total. The molecule has 0 atom stereocenters. The Morgan fingerprint density at radius 3 is 2.62 bits per heavy atom. The molecule has 0 fully saturated rings. The molecule has 0 saturated heterocycles. The highest BCUT2D eigenvalue weighted by molar-refractivity contribution is 6.31. The third-order valence-corrected chi connectivity index (χ3v) is 3.86. The summed E-state index contributed by atoms with van der Waals surface area (Å²) in [5.74, 6) is 0.823. The number of hydrogen-bond donors (Lipinski definition) is 2. The van der Waals surface area contributed by atoms with E-state index in [-0.39, 0.29) is 17.3 Å². The molecule has 0 saturated carbocycles. The fourth-order valence-electron chi connectivity index (χ4n) is 2.06. The number of nitro groups is 1. The third kappa shape index (κ3) is 4.55. The summed E-state index contributed by atoms with van der Waals surface area (Å²) in [6.07, 6.45) is 2.18. The van der Waals surface area contributed by atoms with E-state index in [4.69, 9.17) is 11.6 Å². The molecule has 1 aromatic carbocycles. The van der Waals surface area contributed by atoms with E-state index in [9.17, 15) is 10.1 Å². The van der Waals surface area contributed by atoms with Crippen LogP contribution in [0.15, 0.2) is 24.5 Å². The molecule has 1 aromatic heterocycles. The van der Waals surface area contributed by atoms with Gasteiger partial charge in [-0.15, -0.1) is 0 Å². The standard InChI is InChI=1S/C16H20ClN5O2/c1-10(2)6-7-18-15-14(22(23)24)16(20-9-19-15)21-12-5-4-11(3)13(17)8-12/h4-5,8-10H,6-7H2,1-3H3,(H2,18,19,20,21). The van der Waals surface area contributed by atoms with Gasteiger partial charge in [-0.1, -0.05) is 31.5 Å². The largest absolute Gasteiger partial charge is 0.364 e. The molecule has 128 valence electrons. The highest BCUT2D eigenvalue weighted by Gasteiger charge is 2.23. The maximum atomic E-state index is 11.5. The number of rotatable bonds is 7. The minimum atomic E-state index is -0.490. The van der Waals surface area contributed by atoms with Crippen molar-refractivity contribution in [2.45, 2.75) is 27.2 Å². The van der Waals surface area contributed by atoms with Crippen LogP contribution in [0.3, 0.4) is 0 Å². The van der Waals surface area contributed by atoms with Gasteiger partial charge in [-0.05, 0) is 37.0 Å². The number of halogens is 1. The maximum Gasteiger partial charge on any atom is 0.353 e. The lowest BCUT2D eigenvalue weighted by molar-refractivity contribution is -0.383. The van der Waals surface area contributed by atoms with Crippen LogP contribution >= 0.6 is 11.6 Å². The van der Waals surface area contributed by atoms with Crippen LogP contribution in [0, 0.1) is 23.0 Å². The third-order valence-electron chi connectivity index (χ3n) is 3.45. The Hall–Kier alpha value is -2.41. The van der Waals surface area contributed by atoms with E-state index in [0.29, 0.717) is 23.2 Å². The highest BCUT2D eigenvalue weighted by Crippen LogP contribution is 2.32. The van der Waals surface area contributed by atoms with E-state index in [1.165, 1.54) is 6.33 Å². The second-order valence-corrected chi connectivity index (χ2v) is 6.28. The van der Waals surface area contributed by atoms with Crippen LogP contribution in [0.4, 0.5) is 23.0 Å². The first-order valence-electron chi connectivity index (χ1n) is 7.65. The van der Waals surface area contributed by atoms with Crippen molar-refractivity contribution in [2.24, 2.45) is 5.92 Å². The van der Waals surface area contributed by atoms with Crippen LogP contribution in [0.2, 0.25) is 5.02 Å². The second-order valence-electron chi connectivity index (χ2n) is 5.87. The summed E-state index contributed by atoms with van der Waals surface area (Å²) in [7, 11) is 0. The van der Waals surface area contributed by atoms with Crippen molar-refractivity contribution in [1.82, 2.24) is 9.97 Å². The van der Waals surface area contributed by atoms with Crippen LogP contribution in [0.1, 0.15) is 25.8 Å². The van der Waals surface area contributed by atoms with Crippen LogP contribution < -0.4 is 10.6 Å². The lowest BCUT2D eigenvalue weighted by Crippen LogP contribution is -2.10. The minimum absolute atomic E-state index is 0.127. The molecular weight excluding hydrogens is 330 g/mol. The monoisotopic (exact) mass is 349 g/mol. The Kier molecular flexibility index (Phi) is 5.92. The zero-order valence-electron chi connectivity index (χ0n) is 13.8. The van der Waals surface area contributed by atoms with Gasteiger partial charge in [-0.25, -0.2) is 9.97 Å². The van der Waals surface area contributed by atoms with Crippen molar-refractivity contribution in [2.75, 3.05) is 17.2 Å². The number of hydrogen-bond acceptors (Lipinski definition) is 6. The molecule has 2 N–H and O–H groups in total. The van der Waals surface area contributed by atoms with Gasteiger partial charge in [0.25, 0.3) is 0 Å². The van der Waals surface area contributed by atoms with Gasteiger partial charge in [0.15, 0.2) is 0 Å². The van der Waals surface area contributed by atoms with Gasteiger partial charge in [-0.3, -0.25) is 10.1 Å². The SMILES string of the molecule is Cc1ccc(Nc2ncnc(NCCC(C)C)c2[N+](=O)[O-])cc1Cl. The summed E-state index contributed by atoms with van der Waals surface area (Å²) in [5, 5.41) is 18.0. The van der Waals surface area contributed by atoms with E-state index in [1.807, 2.05) is 13.0 Å². The number of aryl methyl sites for hydroxylation is 1. The number of benzene rings is 1. The second kappa shape index (κ2) is 7.92. The van der Waals surface area contributed by atoms with Crippen molar-refractivity contribution in [1.29, 1.82) is 0 Å². The molecule has 24 heavy (non-hydrogen) atoms. The molecule has 2 rings (SSSR count). The fraction of sp³-hybridized carbons (Fsp3) is 0.375. The van der Waals surface area contributed by atoms with Crippen molar-refractivity contribution in [3.05, 3.63) is 45.2 Å². The smallest absolute Gasteiger partial charge is 0.353 e.